The Labute approximate surface area is 82.6 Å². The summed E-state index contributed by atoms with van der Waals surface area (Å²) in [5, 5.41) is 9.12. The fourth-order valence-corrected chi connectivity index (χ4v) is 1.55. The number of Topliss-reactive ketones (excluding diaryl/α,β-unsaturated/α-hetero) is 1. The molecule has 1 atom stereocenters. The number of ketones is 1. The molecule has 1 saturated heterocycles. The molecule has 0 saturated carbocycles. The van der Waals surface area contributed by atoms with Gasteiger partial charge in [-0.15, -0.1) is 6.58 Å². The van der Waals surface area contributed by atoms with Crippen molar-refractivity contribution in [2.75, 3.05) is 6.61 Å². The van der Waals surface area contributed by atoms with E-state index in [4.69, 9.17) is 9.84 Å². The van der Waals surface area contributed by atoms with Gasteiger partial charge in [0.05, 0.1) is 6.61 Å². The minimum Gasteiger partial charge on any atom is -0.447 e. The summed E-state index contributed by atoms with van der Waals surface area (Å²) in [6.07, 6.45) is 1.61. The summed E-state index contributed by atoms with van der Waals surface area (Å²) < 4.78 is 4.96. The lowest BCUT2D eigenvalue weighted by Crippen LogP contribution is -2.42. The molecule has 78 valence electrons. The van der Waals surface area contributed by atoms with Crippen molar-refractivity contribution in [1.82, 2.24) is 0 Å². The predicted octanol–water partition coefficient (Wildman–Crippen LogP) is 0.446. The fraction of sp³-hybridized carbons (Fsp3) is 0.600. The second kappa shape index (κ2) is 3.20. The number of carbonyl (C=O) groups excluding carboxylic acids is 2. The third kappa shape index (κ3) is 1.26. The van der Waals surface area contributed by atoms with Crippen LogP contribution in [0, 0.1) is 5.41 Å². The molecule has 1 rings (SSSR count). The lowest BCUT2D eigenvalue weighted by molar-refractivity contribution is -0.157. The van der Waals surface area contributed by atoms with Crippen LogP contribution in [0.5, 0.6) is 0 Å². The minimum absolute atomic E-state index is 0.150. The zero-order chi connectivity index (χ0) is 11.0. The Balaban J connectivity index is 3.09. The van der Waals surface area contributed by atoms with Crippen LogP contribution in [-0.4, -0.2) is 29.1 Å². The van der Waals surface area contributed by atoms with Gasteiger partial charge in [0.1, 0.15) is 5.41 Å². The van der Waals surface area contributed by atoms with E-state index in [0.29, 0.717) is 0 Å². The van der Waals surface area contributed by atoms with E-state index in [0.717, 1.165) is 0 Å². The van der Waals surface area contributed by atoms with Crippen LogP contribution >= 0.6 is 0 Å². The van der Waals surface area contributed by atoms with Crippen LogP contribution < -0.4 is 0 Å². The number of esters is 1. The van der Waals surface area contributed by atoms with Crippen molar-refractivity contribution in [3.05, 3.63) is 12.7 Å². The van der Waals surface area contributed by atoms with E-state index >= 15 is 0 Å². The summed E-state index contributed by atoms with van der Waals surface area (Å²) >= 11 is 0. The van der Waals surface area contributed by atoms with Crippen molar-refractivity contribution < 1.29 is 19.4 Å². The van der Waals surface area contributed by atoms with Crippen LogP contribution in [0.15, 0.2) is 12.7 Å². The van der Waals surface area contributed by atoms with Gasteiger partial charge in [-0.1, -0.05) is 6.08 Å². The molecule has 0 aliphatic carbocycles. The van der Waals surface area contributed by atoms with Crippen molar-refractivity contribution in [2.24, 2.45) is 5.41 Å². The standard InChI is InChI=1S/C10H14O4/c1-4-5-10(6-11)7(12)9(2,3)8(13)14-10/h4,11H,1,5-6H2,2-3H3/t10-/m0/s1. The van der Waals surface area contributed by atoms with Gasteiger partial charge in [0.15, 0.2) is 11.4 Å². The molecule has 4 heteroatoms. The van der Waals surface area contributed by atoms with E-state index in [9.17, 15) is 9.59 Å². The first kappa shape index (κ1) is 10.9. The number of ether oxygens (including phenoxy) is 1. The molecule has 1 N–H and O–H groups in total. The highest BCUT2D eigenvalue weighted by molar-refractivity contribution is 6.12. The zero-order valence-corrected chi connectivity index (χ0v) is 8.37. The number of aliphatic hydroxyl groups is 1. The molecule has 1 heterocycles. The molecule has 14 heavy (non-hydrogen) atoms. The van der Waals surface area contributed by atoms with Crippen molar-refractivity contribution in [2.45, 2.75) is 25.9 Å². The van der Waals surface area contributed by atoms with E-state index in [1.807, 2.05) is 0 Å². The molecular formula is C10H14O4. The Morgan fingerprint density at radius 2 is 2.07 bits per heavy atom. The number of hydrogen-bond acceptors (Lipinski definition) is 4. The Bertz CT molecular complexity index is 292. The monoisotopic (exact) mass is 198 g/mol. The van der Waals surface area contributed by atoms with Crippen molar-refractivity contribution in [1.29, 1.82) is 0 Å². The predicted molar refractivity (Wildman–Crippen MR) is 49.5 cm³/mol. The largest absolute Gasteiger partial charge is 0.447 e. The molecule has 0 aromatic rings. The maximum absolute atomic E-state index is 11.8. The third-order valence-corrected chi connectivity index (χ3v) is 2.51. The highest BCUT2D eigenvalue weighted by Gasteiger charge is 2.59. The highest BCUT2D eigenvalue weighted by Crippen LogP contribution is 2.38. The Morgan fingerprint density at radius 3 is 2.36 bits per heavy atom. The molecule has 1 aliphatic heterocycles. The summed E-state index contributed by atoms with van der Waals surface area (Å²) in [7, 11) is 0. The van der Waals surface area contributed by atoms with Crippen LogP contribution in [0.3, 0.4) is 0 Å². The quantitative estimate of drug-likeness (QED) is 0.406. The molecule has 0 unspecified atom stereocenters. The van der Waals surface area contributed by atoms with Gasteiger partial charge in [-0.3, -0.25) is 9.59 Å². The average Bonchev–Trinajstić information content (AvgIpc) is 2.29. The molecule has 0 aromatic heterocycles. The number of cyclic esters (lactones) is 1. The molecule has 0 aromatic carbocycles. The van der Waals surface area contributed by atoms with E-state index in [1.54, 1.807) is 0 Å². The van der Waals surface area contributed by atoms with Gasteiger partial charge in [-0.2, -0.15) is 0 Å². The number of hydrogen-bond donors (Lipinski definition) is 1. The van der Waals surface area contributed by atoms with Crippen molar-refractivity contribution in [3.8, 4) is 0 Å². The summed E-state index contributed by atoms with van der Waals surface area (Å²) in [5.74, 6) is -0.962. The number of carbonyl (C=O) groups is 2. The van der Waals surface area contributed by atoms with Gasteiger partial charge < -0.3 is 9.84 Å². The summed E-state index contributed by atoms with van der Waals surface area (Å²) in [6.45, 7) is 5.97. The maximum atomic E-state index is 11.8. The second-order valence-corrected chi connectivity index (χ2v) is 3.99. The van der Waals surface area contributed by atoms with E-state index in [1.165, 1.54) is 19.9 Å². The Kier molecular flexibility index (Phi) is 2.50. The van der Waals surface area contributed by atoms with Crippen molar-refractivity contribution in [3.63, 3.8) is 0 Å². The first-order valence-corrected chi connectivity index (χ1v) is 4.41. The van der Waals surface area contributed by atoms with Crippen molar-refractivity contribution >= 4 is 11.8 Å². The molecule has 4 nitrogen and oxygen atoms in total. The average molecular weight is 198 g/mol. The van der Waals surface area contributed by atoms with Gasteiger partial charge in [0, 0.05) is 6.42 Å². The summed E-state index contributed by atoms with van der Waals surface area (Å²) in [5.41, 5.74) is -2.56. The summed E-state index contributed by atoms with van der Waals surface area (Å²) in [4.78, 5) is 23.2. The number of rotatable bonds is 3. The minimum atomic E-state index is -1.40. The third-order valence-electron chi connectivity index (χ3n) is 2.51. The van der Waals surface area contributed by atoms with E-state index in [2.05, 4.69) is 6.58 Å². The topological polar surface area (TPSA) is 63.6 Å². The van der Waals surface area contributed by atoms with Crippen LogP contribution in [-0.2, 0) is 14.3 Å². The van der Waals surface area contributed by atoms with E-state index in [-0.39, 0.29) is 12.2 Å². The van der Waals surface area contributed by atoms with Crippen LogP contribution in [0.1, 0.15) is 20.3 Å². The van der Waals surface area contributed by atoms with Gasteiger partial charge in [-0.25, -0.2) is 0 Å². The summed E-state index contributed by atoms with van der Waals surface area (Å²) in [6, 6.07) is 0. The lowest BCUT2D eigenvalue weighted by atomic mass is 9.81. The smallest absolute Gasteiger partial charge is 0.320 e. The molecule has 0 spiro atoms. The molecular weight excluding hydrogens is 184 g/mol. The van der Waals surface area contributed by atoms with Crippen LogP contribution in [0.25, 0.3) is 0 Å². The Hall–Kier alpha value is -1.16. The lowest BCUT2D eigenvalue weighted by Gasteiger charge is -2.22. The molecule has 1 aliphatic rings. The molecule has 0 amide bonds. The van der Waals surface area contributed by atoms with Crippen LogP contribution in [0.4, 0.5) is 0 Å². The second-order valence-electron chi connectivity index (χ2n) is 3.99. The maximum Gasteiger partial charge on any atom is 0.320 e. The molecule has 1 fully saturated rings. The molecule has 0 bridgehead atoms. The highest BCUT2D eigenvalue weighted by atomic mass is 16.6. The van der Waals surface area contributed by atoms with Gasteiger partial charge in [-0.05, 0) is 13.8 Å². The normalized spacial score (nSPS) is 30.2. The van der Waals surface area contributed by atoms with E-state index < -0.39 is 23.6 Å². The fourth-order valence-electron chi connectivity index (χ4n) is 1.55. The SMILES string of the molecule is C=CC[C@@]1(CO)OC(=O)C(C)(C)C1=O. The Morgan fingerprint density at radius 1 is 1.50 bits per heavy atom. The van der Waals surface area contributed by atoms with Gasteiger partial charge in [0.2, 0.25) is 0 Å². The number of aliphatic hydroxyl groups excluding tert-OH is 1. The van der Waals surface area contributed by atoms with Gasteiger partial charge >= 0.3 is 5.97 Å². The van der Waals surface area contributed by atoms with Crippen LogP contribution in [0.2, 0.25) is 0 Å². The first-order chi connectivity index (χ1) is 6.40. The molecule has 0 radical (unpaired) electrons. The first-order valence-electron chi connectivity index (χ1n) is 4.41. The zero-order valence-electron chi connectivity index (χ0n) is 8.37. The van der Waals surface area contributed by atoms with Gasteiger partial charge in [0.25, 0.3) is 0 Å².